The van der Waals surface area contributed by atoms with Gasteiger partial charge in [0.15, 0.2) is 0 Å². The van der Waals surface area contributed by atoms with Gasteiger partial charge in [-0.05, 0) is 43.4 Å². The van der Waals surface area contributed by atoms with Gasteiger partial charge in [0.05, 0.1) is 5.60 Å². The Balaban J connectivity index is 2.52. The molecule has 0 radical (unpaired) electrons. The van der Waals surface area contributed by atoms with Crippen LogP contribution in [0.1, 0.15) is 73.6 Å². The molecule has 0 bridgehead atoms. The van der Waals surface area contributed by atoms with E-state index in [2.05, 4.69) is 39.9 Å². The fraction of sp³-hybridized carbons (Fsp3) is 1.00. The van der Waals surface area contributed by atoms with Gasteiger partial charge in [0.1, 0.15) is 0 Å². The Morgan fingerprint density at radius 3 is 2.11 bits per heavy atom. The summed E-state index contributed by atoms with van der Waals surface area (Å²) < 4.78 is 0. The van der Waals surface area contributed by atoms with Crippen LogP contribution in [0.5, 0.6) is 0 Å². The molecule has 0 spiro atoms. The number of aliphatic hydroxyl groups is 1. The minimum Gasteiger partial charge on any atom is -0.389 e. The summed E-state index contributed by atoms with van der Waals surface area (Å²) in [4.78, 5) is 0. The minimum absolute atomic E-state index is 0.413. The molecule has 1 fully saturated rings. The van der Waals surface area contributed by atoms with Gasteiger partial charge in [0.2, 0.25) is 0 Å². The predicted molar refractivity (Wildman–Crippen MR) is 78.7 cm³/mol. The summed E-state index contributed by atoms with van der Waals surface area (Å²) in [5, 5.41) is 13.9. The zero-order valence-corrected chi connectivity index (χ0v) is 13.3. The normalized spacial score (nSPS) is 26.8. The van der Waals surface area contributed by atoms with E-state index in [4.69, 9.17) is 0 Å². The first-order valence-electron chi connectivity index (χ1n) is 7.51. The van der Waals surface area contributed by atoms with Crippen LogP contribution in [0.4, 0.5) is 0 Å². The molecule has 0 aromatic rings. The first-order valence-corrected chi connectivity index (χ1v) is 7.51. The highest BCUT2D eigenvalue weighted by Gasteiger charge is 2.38. The van der Waals surface area contributed by atoms with E-state index in [1.165, 1.54) is 19.3 Å². The molecule has 1 atom stereocenters. The van der Waals surface area contributed by atoms with Gasteiger partial charge in [-0.1, -0.05) is 41.0 Å². The number of hydrogen-bond donors (Lipinski definition) is 2. The van der Waals surface area contributed by atoms with Gasteiger partial charge in [-0.2, -0.15) is 0 Å². The molecule has 2 N–H and O–H groups in total. The van der Waals surface area contributed by atoms with Crippen LogP contribution in [0, 0.1) is 10.8 Å². The summed E-state index contributed by atoms with van der Waals surface area (Å²) in [6, 6.07) is 0.548. The Hall–Kier alpha value is -0.0800. The second-order valence-electron chi connectivity index (χ2n) is 8.24. The average Bonchev–Trinajstić information content (AvgIpc) is 2.10. The van der Waals surface area contributed by atoms with Crippen molar-refractivity contribution in [2.45, 2.75) is 85.3 Å². The Morgan fingerprint density at radius 1 is 1.17 bits per heavy atom. The van der Waals surface area contributed by atoms with Crippen molar-refractivity contribution < 1.29 is 5.11 Å². The van der Waals surface area contributed by atoms with Gasteiger partial charge in [0.25, 0.3) is 0 Å². The van der Waals surface area contributed by atoms with Crippen LogP contribution in [-0.2, 0) is 0 Å². The molecular weight excluding hydrogens is 222 g/mol. The molecule has 2 nitrogen and oxygen atoms in total. The van der Waals surface area contributed by atoms with Crippen molar-refractivity contribution in [2.24, 2.45) is 10.8 Å². The highest BCUT2D eigenvalue weighted by molar-refractivity contribution is 4.93. The van der Waals surface area contributed by atoms with Crippen molar-refractivity contribution in [2.75, 3.05) is 6.54 Å². The lowest BCUT2D eigenvalue weighted by atomic mass is 9.63. The van der Waals surface area contributed by atoms with Gasteiger partial charge >= 0.3 is 0 Å². The molecule has 0 aliphatic heterocycles. The SMILES string of the molecule is CCCC(C)(O)CNC1CC(C)(C)CC(C)(C)C1. The maximum atomic E-state index is 10.2. The van der Waals surface area contributed by atoms with Crippen molar-refractivity contribution in [3.63, 3.8) is 0 Å². The summed E-state index contributed by atoms with van der Waals surface area (Å²) in [5.41, 5.74) is 0.270. The first-order chi connectivity index (χ1) is 8.05. The quantitative estimate of drug-likeness (QED) is 0.784. The molecule has 0 heterocycles. The van der Waals surface area contributed by atoms with E-state index in [9.17, 15) is 5.11 Å². The van der Waals surface area contributed by atoms with Crippen LogP contribution >= 0.6 is 0 Å². The van der Waals surface area contributed by atoms with Crippen LogP contribution in [0.3, 0.4) is 0 Å². The number of rotatable bonds is 5. The average molecular weight is 255 g/mol. The zero-order chi connectivity index (χ0) is 14.0. The molecule has 108 valence electrons. The molecule has 1 aliphatic rings. The van der Waals surface area contributed by atoms with Gasteiger partial charge in [-0.3, -0.25) is 0 Å². The summed E-state index contributed by atoms with van der Waals surface area (Å²) >= 11 is 0. The van der Waals surface area contributed by atoms with Crippen LogP contribution in [0.15, 0.2) is 0 Å². The van der Waals surface area contributed by atoms with Gasteiger partial charge in [-0.25, -0.2) is 0 Å². The van der Waals surface area contributed by atoms with E-state index in [-0.39, 0.29) is 0 Å². The fourth-order valence-electron chi connectivity index (χ4n) is 3.98. The summed E-state index contributed by atoms with van der Waals surface area (Å²) in [7, 11) is 0. The van der Waals surface area contributed by atoms with Crippen LogP contribution in [0.25, 0.3) is 0 Å². The van der Waals surface area contributed by atoms with Gasteiger partial charge in [-0.15, -0.1) is 0 Å². The third kappa shape index (κ3) is 5.27. The maximum Gasteiger partial charge on any atom is 0.0743 e. The Labute approximate surface area is 114 Å². The molecular formula is C16H33NO. The summed E-state index contributed by atoms with van der Waals surface area (Å²) in [6.07, 6.45) is 5.65. The molecule has 1 aliphatic carbocycles. The zero-order valence-electron chi connectivity index (χ0n) is 13.3. The van der Waals surface area contributed by atoms with Crippen molar-refractivity contribution in [3.8, 4) is 0 Å². The van der Waals surface area contributed by atoms with E-state index < -0.39 is 5.60 Å². The Bertz CT molecular complexity index is 252. The highest BCUT2D eigenvalue weighted by atomic mass is 16.3. The van der Waals surface area contributed by atoms with Crippen LogP contribution < -0.4 is 5.32 Å². The molecule has 18 heavy (non-hydrogen) atoms. The summed E-state index contributed by atoms with van der Waals surface area (Å²) in [6.45, 7) is 14.3. The predicted octanol–water partition coefficient (Wildman–Crippen LogP) is 3.73. The van der Waals surface area contributed by atoms with E-state index in [1.54, 1.807) is 0 Å². The first kappa shape index (κ1) is 16.0. The maximum absolute atomic E-state index is 10.2. The van der Waals surface area contributed by atoms with E-state index >= 15 is 0 Å². The molecule has 2 heteroatoms. The van der Waals surface area contributed by atoms with E-state index in [1.807, 2.05) is 6.92 Å². The fourth-order valence-corrected chi connectivity index (χ4v) is 3.98. The highest BCUT2D eigenvalue weighted by Crippen LogP contribution is 2.45. The lowest BCUT2D eigenvalue weighted by Gasteiger charge is -2.45. The molecule has 0 saturated heterocycles. The molecule has 0 aromatic carbocycles. The second-order valence-corrected chi connectivity index (χ2v) is 8.24. The molecule has 0 amide bonds. The largest absolute Gasteiger partial charge is 0.389 e. The van der Waals surface area contributed by atoms with Crippen LogP contribution in [-0.4, -0.2) is 23.3 Å². The lowest BCUT2D eigenvalue weighted by molar-refractivity contribution is 0.0311. The van der Waals surface area contributed by atoms with Crippen molar-refractivity contribution >= 4 is 0 Å². The van der Waals surface area contributed by atoms with Gasteiger partial charge in [0, 0.05) is 12.6 Å². The Kier molecular flexibility index (Phi) is 4.88. The van der Waals surface area contributed by atoms with Crippen molar-refractivity contribution in [1.82, 2.24) is 5.32 Å². The third-order valence-electron chi connectivity index (χ3n) is 4.12. The third-order valence-corrected chi connectivity index (χ3v) is 4.12. The lowest BCUT2D eigenvalue weighted by Crippen LogP contribution is -2.48. The minimum atomic E-state index is -0.555. The number of hydrogen-bond acceptors (Lipinski definition) is 2. The van der Waals surface area contributed by atoms with E-state index in [0.29, 0.717) is 16.9 Å². The molecule has 0 aromatic heterocycles. The van der Waals surface area contributed by atoms with Crippen molar-refractivity contribution in [1.29, 1.82) is 0 Å². The molecule has 1 saturated carbocycles. The molecule has 1 rings (SSSR count). The Morgan fingerprint density at radius 2 is 1.67 bits per heavy atom. The van der Waals surface area contributed by atoms with E-state index in [0.717, 1.165) is 19.4 Å². The van der Waals surface area contributed by atoms with Crippen molar-refractivity contribution in [3.05, 3.63) is 0 Å². The molecule has 1 unspecified atom stereocenters. The van der Waals surface area contributed by atoms with Crippen LogP contribution in [0.2, 0.25) is 0 Å². The topological polar surface area (TPSA) is 32.3 Å². The monoisotopic (exact) mass is 255 g/mol. The second kappa shape index (κ2) is 5.50. The smallest absolute Gasteiger partial charge is 0.0743 e. The summed E-state index contributed by atoms with van der Waals surface area (Å²) in [5.74, 6) is 0. The van der Waals surface area contributed by atoms with Gasteiger partial charge < -0.3 is 10.4 Å². The number of nitrogens with one attached hydrogen (secondary N) is 1. The standard InChI is InChI=1S/C16H33NO/c1-7-8-16(6,18)12-17-13-9-14(2,3)11-15(4,5)10-13/h13,17-18H,7-12H2,1-6H3.